The maximum absolute atomic E-state index is 10.4. The van der Waals surface area contributed by atoms with Crippen molar-refractivity contribution in [3.8, 4) is 0 Å². The number of nitro benzene ring substituents is 1. The van der Waals surface area contributed by atoms with E-state index in [1.54, 1.807) is 10.8 Å². The standard InChI is InChI=1S/C8H10N2O5S/c11-10(12)8-3-1-2-7(6-8)4-5-9-16(13,14)15/h1-3,6,9H,4-5H2,(H,13,14,15)/p-1. The van der Waals surface area contributed by atoms with Crippen molar-refractivity contribution in [3.63, 3.8) is 0 Å². The molecule has 0 atom stereocenters. The Morgan fingerprint density at radius 3 is 2.62 bits per heavy atom. The van der Waals surface area contributed by atoms with E-state index in [0.717, 1.165) is 0 Å². The van der Waals surface area contributed by atoms with E-state index < -0.39 is 15.2 Å². The van der Waals surface area contributed by atoms with Crippen molar-refractivity contribution in [1.82, 2.24) is 4.72 Å². The van der Waals surface area contributed by atoms with Gasteiger partial charge in [-0.05, 0) is 12.0 Å². The van der Waals surface area contributed by atoms with Crippen molar-refractivity contribution in [1.29, 1.82) is 0 Å². The Labute approximate surface area is 92.1 Å². The zero-order chi connectivity index (χ0) is 12.2. The van der Waals surface area contributed by atoms with Crippen molar-refractivity contribution in [2.24, 2.45) is 0 Å². The fourth-order valence-electron chi connectivity index (χ4n) is 1.15. The predicted octanol–water partition coefficient (Wildman–Crippen LogP) is 0.187. The second-order valence-electron chi connectivity index (χ2n) is 3.03. The average molecular weight is 245 g/mol. The number of non-ortho nitro benzene ring substituents is 1. The van der Waals surface area contributed by atoms with Gasteiger partial charge in [0, 0.05) is 18.7 Å². The number of nitrogens with one attached hydrogen (secondary N) is 1. The Morgan fingerprint density at radius 2 is 2.06 bits per heavy atom. The summed E-state index contributed by atoms with van der Waals surface area (Å²) in [5.41, 5.74) is 0.521. The second-order valence-corrected chi connectivity index (χ2v) is 4.22. The van der Waals surface area contributed by atoms with Gasteiger partial charge in [0.15, 0.2) is 10.3 Å². The van der Waals surface area contributed by atoms with Crippen molar-refractivity contribution < 1.29 is 17.9 Å². The van der Waals surface area contributed by atoms with Gasteiger partial charge in [0.25, 0.3) is 5.69 Å². The van der Waals surface area contributed by atoms with E-state index in [0.29, 0.717) is 5.56 Å². The first-order valence-electron chi connectivity index (χ1n) is 4.32. The van der Waals surface area contributed by atoms with Gasteiger partial charge < -0.3 is 4.55 Å². The summed E-state index contributed by atoms with van der Waals surface area (Å²) in [4.78, 5) is 9.89. The lowest BCUT2D eigenvalue weighted by atomic mass is 10.1. The highest BCUT2D eigenvalue weighted by molar-refractivity contribution is 7.83. The van der Waals surface area contributed by atoms with Crippen molar-refractivity contribution >= 4 is 16.0 Å². The first kappa shape index (κ1) is 12.6. The maximum Gasteiger partial charge on any atom is 0.269 e. The van der Waals surface area contributed by atoms with Gasteiger partial charge >= 0.3 is 0 Å². The lowest BCUT2D eigenvalue weighted by Crippen LogP contribution is -2.25. The number of rotatable bonds is 5. The van der Waals surface area contributed by atoms with E-state index in [1.807, 2.05) is 0 Å². The Balaban J connectivity index is 2.61. The van der Waals surface area contributed by atoms with Crippen LogP contribution in [0.3, 0.4) is 0 Å². The molecule has 0 saturated heterocycles. The van der Waals surface area contributed by atoms with Crippen LogP contribution in [0.5, 0.6) is 0 Å². The molecule has 0 saturated carbocycles. The quantitative estimate of drug-likeness (QED) is 0.452. The van der Waals surface area contributed by atoms with Gasteiger partial charge in [0.1, 0.15) is 0 Å². The van der Waals surface area contributed by atoms with Gasteiger partial charge in [-0.3, -0.25) is 10.1 Å². The monoisotopic (exact) mass is 245 g/mol. The number of benzene rings is 1. The zero-order valence-electron chi connectivity index (χ0n) is 8.12. The molecule has 0 spiro atoms. The maximum atomic E-state index is 10.4. The normalized spacial score (nSPS) is 11.3. The van der Waals surface area contributed by atoms with Crippen LogP contribution >= 0.6 is 0 Å². The molecule has 0 amide bonds. The molecule has 7 nitrogen and oxygen atoms in total. The Hall–Kier alpha value is -1.51. The molecule has 16 heavy (non-hydrogen) atoms. The van der Waals surface area contributed by atoms with E-state index in [-0.39, 0.29) is 18.7 Å². The van der Waals surface area contributed by atoms with Crippen molar-refractivity contribution in [2.75, 3.05) is 6.54 Å². The van der Waals surface area contributed by atoms with Crippen LogP contribution in [0.1, 0.15) is 5.56 Å². The van der Waals surface area contributed by atoms with Crippen molar-refractivity contribution in [2.45, 2.75) is 6.42 Å². The summed E-state index contributed by atoms with van der Waals surface area (Å²) < 4.78 is 32.4. The third-order valence-electron chi connectivity index (χ3n) is 1.81. The van der Waals surface area contributed by atoms with E-state index in [9.17, 15) is 23.1 Å². The molecule has 0 radical (unpaired) electrons. The molecule has 1 rings (SSSR count). The average Bonchev–Trinajstić information content (AvgIpc) is 2.16. The largest absolute Gasteiger partial charge is 0.735 e. The SMILES string of the molecule is O=[N+]([O-])c1cccc(CCNS(=O)(=O)[O-])c1. The van der Waals surface area contributed by atoms with Crippen molar-refractivity contribution in [3.05, 3.63) is 39.9 Å². The van der Waals surface area contributed by atoms with Gasteiger partial charge in [-0.15, -0.1) is 0 Å². The summed E-state index contributed by atoms with van der Waals surface area (Å²) in [6.45, 7) is -0.0764. The third kappa shape index (κ3) is 4.34. The molecular weight excluding hydrogens is 236 g/mol. The third-order valence-corrected chi connectivity index (χ3v) is 2.37. The van der Waals surface area contributed by atoms with Crippen LogP contribution in [0.2, 0.25) is 0 Å². The van der Waals surface area contributed by atoms with Crippen LogP contribution in [0.4, 0.5) is 5.69 Å². The van der Waals surface area contributed by atoms with Crippen LogP contribution in [0.25, 0.3) is 0 Å². The molecule has 0 fully saturated rings. The molecule has 0 aliphatic heterocycles. The van der Waals surface area contributed by atoms with E-state index in [1.165, 1.54) is 18.2 Å². The lowest BCUT2D eigenvalue weighted by molar-refractivity contribution is -0.384. The number of nitro groups is 1. The molecular formula is C8H9N2O5S-. The minimum Gasteiger partial charge on any atom is -0.735 e. The summed E-state index contributed by atoms with van der Waals surface area (Å²) in [6.07, 6.45) is 0.225. The minimum atomic E-state index is -4.45. The lowest BCUT2D eigenvalue weighted by Gasteiger charge is -2.08. The molecule has 8 heteroatoms. The zero-order valence-corrected chi connectivity index (χ0v) is 8.94. The van der Waals surface area contributed by atoms with E-state index in [4.69, 9.17) is 0 Å². The summed E-state index contributed by atoms with van der Waals surface area (Å²) >= 11 is 0. The molecule has 0 aromatic heterocycles. The van der Waals surface area contributed by atoms with Crippen LogP contribution in [0.15, 0.2) is 24.3 Å². The highest BCUT2D eigenvalue weighted by Crippen LogP contribution is 2.13. The predicted molar refractivity (Wildman–Crippen MR) is 54.5 cm³/mol. The molecule has 0 aliphatic rings. The van der Waals surface area contributed by atoms with E-state index in [2.05, 4.69) is 0 Å². The van der Waals surface area contributed by atoms with E-state index >= 15 is 0 Å². The van der Waals surface area contributed by atoms with Gasteiger partial charge in [0.05, 0.1) is 4.92 Å². The molecule has 0 bridgehead atoms. The summed E-state index contributed by atoms with van der Waals surface area (Å²) in [7, 11) is -4.45. The highest BCUT2D eigenvalue weighted by Gasteiger charge is 2.05. The first-order valence-corrected chi connectivity index (χ1v) is 5.73. The van der Waals surface area contributed by atoms with Crippen LogP contribution in [-0.4, -0.2) is 24.4 Å². The van der Waals surface area contributed by atoms with Crippen LogP contribution in [0, 0.1) is 10.1 Å². The van der Waals surface area contributed by atoms with Gasteiger partial charge in [-0.2, -0.15) is 0 Å². The minimum absolute atomic E-state index is 0.0671. The smallest absolute Gasteiger partial charge is 0.269 e. The highest BCUT2D eigenvalue weighted by atomic mass is 32.2. The number of hydrogen-bond acceptors (Lipinski definition) is 5. The molecule has 1 aromatic rings. The first-order chi connectivity index (χ1) is 7.38. The molecule has 0 unspecified atom stereocenters. The molecule has 0 aliphatic carbocycles. The Bertz CT molecular complexity index is 485. The number of hydrogen-bond donors (Lipinski definition) is 1. The Kier molecular flexibility index (Phi) is 3.93. The van der Waals surface area contributed by atoms with Gasteiger partial charge in [-0.25, -0.2) is 13.1 Å². The summed E-state index contributed by atoms with van der Waals surface area (Å²) in [5.74, 6) is 0. The van der Waals surface area contributed by atoms with Gasteiger partial charge in [-0.1, -0.05) is 12.1 Å². The molecule has 0 heterocycles. The van der Waals surface area contributed by atoms with Crippen LogP contribution in [-0.2, 0) is 16.7 Å². The Morgan fingerprint density at radius 1 is 1.38 bits per heavy atom. The second kappa shape index (κ2) is 5.01. The summed E-state index contributed by atoms with van der Waals surface area (Å²) in [5, 5.41) is 10.4. The fraction of sp³-hybridized carbons (Fsp3) is 0.250. The molecule has 1 aromatic carbocycles. The topological polar surface area (TPSA) is 112 Å². The fourth-order valence-corrected chi connectivity index (χ4v) is 1.50. The molecule has 1 N–H and O–H groups in total. The van der Waals surface area contributed by atoms with Gasteiger partial charge in [0.2, 0.25) is 0 Å². The number of nitrogens with zero attached hydrogens (tertiary/aromatic N) is 1. The molecule has 88 valence electrons. The van der Waals surface area contributed by atoms with Crippen LogP contribution < -0.4 is 4.72 Å². The summed E-state index contributed by atoms with van der Waals surface area (Å²) in [6, 6.07) is 5.78.